The molecule has 1 aromatic heterocycles. The number of nitro groups is 2. The summed E-state index contributed by atoms with van der Waals surface area (Å²) in [5.41, 5.74) is -1.13. The van der Waals surface area contributed by atoms with E-state index in [9.17, 15) is 25.0 Å². The van der Waals surface area contributed by atoms with E-state index in [1.807, 2.05) is 12.1 Å². The Morgan fingerprint density at radius 1 is 1.07 bits per heavy atom. The minimum absolute atomic E-state index is 0.0738. The molecule has 0 aliphatic heterocycles. The lowest BCUT2D eigenvalue weighted by Crippen LogP contribution is -2.12. The molecule has 0 spiro atoms. The van der Waals surface area contributed by atoms with Gasteiger partial charge in [-0.05, 0) is 43.3 Å². The van der Waals surface area contributed by atoms with Gasteiger partial charge in [0.15, 0.2) is 5.76 Å². The Hall–Kier alpha value is -3.73. The van der Waals surface area contributed by atoms with Gasteiger partial charge in [0.05, 0.1) is 15.5 Å². The van der Waals surface area contributed by atoms with Crippen LogP contribution in [0, 0.1) is 27.2 Å². The van der Waals surface area contributed by atoms with Crippen molar-refractivity contribution >= 4 is 38.9 Å². The van der Waals surface area contributed by atoms with Crippen LogP contribution in [0.4, 0.5) is 17.1 Å². The molecule has 0 bridgehead atoms. The number of hydrogen-bond donors (Lipinski definition) is 1. The number of rotatable bonds is 7. The largest absolute Gasteiger partial charge is 0.486 e. The highest BCUT2D eigenvalue weighted by molar-refractivity contribution is 9.10. The van der Waals surface area contributed by atoms with Gasteiger partial charge >= 0.3 is 0 Å². The summed E-state index contributed by atoms with van der Waals surface area (Å²) in [5.74, 6) is 0.205. The second-order valence-electron chi connectivity index (χ2n) is 6.12. The predicted molar refractivity (Wildman–Crippen MR) is 110 cm³/mol. The molecule has 0 saturated carbocycles. The number of benzene rings is 2. The first kappa shape index (κ1) is 21.0. The van der Waals surface area contributed by atoms with Gasteiger partial charge in [0.2, 0.25) is 0 Å². The van der Waals surface area contributed by atoms with Crippen molar-refractivity contribution in [3.05, 3.63) is 90.3 Å². The quantitative estimate of drug-likeness (QED) is 0.374. The average Bonchev–Trinajstić information content (AvgIpc) is 3.17. The smallest absolute Gasteiger partial charge is 0.291 e. The lowest BCUT2D eigenvalue weighted by Gasteiger charge is -2.06. The predicted octanol–water partition coefficient (Wildman–Crippen LogP) is 5.00. The molecule has 11 heteroatoms. The zero-order valence-electron chi connectivity index (χ0n) is 15.5. The summed E-state index contributed by atoms with van der Waals surface area (Å²) in [6.07, 6.45) is 0. The molecular formula is C19H14BrN3O7. The molecule has 1 N–H and O–H groups in total. The molecule has 0 aliphatic carbocycles. The van der Waals surface area contributed by atoms with Gasteiger partial charge in [0.25, 0.3) is 17.3 Å². The fraction of sp³-hybridized carbons (Fsp3) is 0.105. The first-order chi connectivity index (χ1) is 14.2. The molecule has 3 aromatic rings. The van der Waals surface area contributed by atoms with Crippen LogP contribution in [-0.4, -0.2) is 15.8 Å². The van der Waals surface area contributed by atoms with E-state index < -0.39 is 27.1 Å². The summed E-state index contributed by atoms with van der Waals surface area (Å²) in [4.78, 5) is 33.2. The van der Waals surface area contributed by atoms with E-state index in [1.54, 1.807) is 18.2 Å². The number of nitrogens with zero attached hydrogens (tertiary/aromatic N) is 2. The Bertz CT molecular complexity index is 1090. The topological polar surface area (TPSA) is 138 Å². The van der Waals surface area contributed by atoms with Crippen molar-refractivity contribution in [3.8, 4) is 5.75 Å². The van der Waals surface area contributed by atoms with Crippen molar-refractivity contribution < 1.29 is 23.8 Å². The highest BCUT2D eigenvalue weighted by Gasteiger charge is 2.24. The third-order valence-corrected chi connectivity index (χ3v) is 4.61. The normalized spacial score (nSPS) is 10.5. The molecule has 0 radical (unpaired) electrons. The Kier molecular flexibility index (Phi) is 6.11. The van der Waals surface area contributed by atoms with Gasteiger partial charge in [0.1, 0.15) is 23.7 Å². The second kappa shape index (κ2) is 8.74. The fourth-order valence-corrected chi connectivity index (χ4v) is 2.86. The molecule has 0 fully saturated rings. The van der Waals surface area contributed by atoms with E-state index in [1.165, 1.54) is 13.0 Å². The van der Waals surface area contributed by atoms with E-state index in [-0.39, 0.29) is 23.6 Å². The number of nitrogens with one attached hydrogen (secondary N) is 1. The van der Waals surface area contributed by atoms with Gasteiger partial charge < -0.3 is 14.5 Å². The molecule has 10 nitrogen and oxygen atoms in total. The van der Waals surface area contributed by atoms with Crippen LogP contribution in [0.3, 0.4) is 0 Å². The second-order valence-corrected chi connectivity index (χ2v) is 7.03. The van der Waals surface area contributed by atoms with Gasteiger partial charge in [-0.15, -0.1) is 0 Å². The van der Waals surface area contributed by atoms with Gasteiger partial charge in [-0.25, -0.2) is 0 Å². The Balaban J connectivity index is 1.73. The van der Waals surface area contributed by atoms with Crippen LogP contribution >= 0.6 is 15.9 Å². The number of ether oxygens (including phenoxy) is 1. The minimum Gasteiger partial charge on any atom is -0.486 e. The van der Waals surface area contributed by atoms with Crippen molar-refractivity contribution in [2.45, 2.75) is 13.5 Å². The standard InChI is InChI=1S/C19H14BrN3O7/c1-11-16(22(25)26)8-13(9-17(11)23(27)28)21-19(24)18-7-6-15(30-18)10-29-14-4-2-12(20)3-5-14/h2-9H,10H2,1H3,(H,21,24). The number of amides is 1. The molecule has 2 aromatic carbocycles. The van der Waals surface area contributed by atoms with Crippen molar-refractivity contribution in [1.82, 2.24) is 0 Å². The van der Waals surface area contributed by atoms with Crippen LogP contribution in [0.5, 0.6) is 5.75 Å². The third kappa shape index (κ3) is 4.81. The van der Waals surface area contributed by atoms with Crippen LogP contribution in [0.1, 0.15) is 21.9 Å². The molecular weight excluding hydrogens is 462 g/mol. The molecule has 154 valence electrons. The minimum atomic E-state index is -0.748. The van der Waals surface area contributed by atoms with Crippen molar-refractivity contribution in [2.75, 3.05) is 5.32 Å². The number of halogens is 1. The maximum Gasteiger partial charge on any atom is 0.291 e. The van der Waals surface area contributed by atoms with E-state index >= 15 is 0 Å². The monoisotopic (exact) mass is 475 g/mol. The summed E-state index contributed by atoms with van der Waals surface area (Å²) in [5, 5.41) is 24.7. The molecule has 1 heterocycles. The molecule has 30 heavy (non-hydrogen) atoms. The lowest BCUT2D eigenvalue weighted by atomic mass is 10.1. The Morgan fingerprint density at radius 2 is 1.67 bits per heavy atom. The highest BCUT2D eigenvalue weighted by Crippen LogP contribution is 2.32. The van der Waals surface area contributed by atoms with Gasteiger partial charge in [-0.1, -0.05) is 15.9 Å². The van der Waals surface area contributed by atoms with E-state index in [0.29, 0.717) is 11.5 Å². The summed E-state index contributed by atoms with van der Waals surface area (Å²) in [6.45, 7) is 1.35. The van der Waals surface area contributed by atoms with E-state index in [2.05, 4.69) is 21.2 Å². The zero-order chi connectivity index (χ0) is 21.8. The van der Waals surface area contributed by atoms with Crippen molar-refractivity contribution in [1.29, 1.82) is 0 Å². The first-order valence-electron chi connectivity index (χ1n) is 8.46. The SMILES string of the molecule is Cc1c([N+](=O)[O-])cc(NC(=O)c2ccc(COc3ccc(Br)cc3)o2)cc1[N+](=O)[O-]. The maximum atomic E-state index is 12.4. The third-order valence-electron chi connectivity index (χ3n) is 4.08. The summed E-state index contributed by atoms with van der Waals surface area (Å²) in [7, 11) is 0. The Labute approximate surface area is 177 Å². The lowest BCUT2D eigenvalue weighted by molar-refractivity contribution is -0.395. The molecule has 0 atom stereocenters. The van der Waals surface area contributed by atoms with Crippen LogP contribution < -0.4 is 10.1 Å². The molecule has 1 amide bonds. The fourth-order valence-electron chi connectivity index (χ4n) is 2.59. The summed E-state index contributed by atoms with van der Waals surface area (Å²) < 4.78 is 11.9. The van der Waals surface area contributed by atoms with Crippen molar-refractivity contribution in [3.63, 3.8) is 0 Å². The van der Waals surface area contributed by atoms with E-state index in [4.69, 9.17) is 9.15 Å². The van der Waals surface area contributed by atoms with Gasteiger partial charge in [0, 0.05) is 16.6 Å². The van der Waals surface area contributed by atoms with Crippen LogP contribution in [0.2, 0.25) is 0 Å². The number of anilines is 1. The summed E-state index contributed by atoms with van der Waals surface area (Å²) in [6, 6.07) is 12.2. The molecule has 0 saturated heterocycles. The van der Waals surface area contributed by atoms with Crippen LogP contribution in [0.15, 0.2) is 57.4 Å². The molecule has 0 aliphatic rings. The number of carbonyl (C=O) groups excluding carboxylic acids is 1. The maximum absolute atomic E-state index is 12.4. The number of hydrogen-bond acceptors (Lipinski definition) is 7. The van der Waals surface area contributed by atoms with Crippen LogP contribution in [-0.2, 0) is 6.61 Å². The zero-order valence-corrected chi connectivity index (χ0v) is 17.0. The van der Waals surface area contributed by atoms with Gasteiger partial charge in [-0.3, -0.25) is 25.0 Å². The number of nitro benzene ring substituents is 2. The molecule has 0 unspecified atom stereocenters. The van der Waals surface area contributed by atoms with Crippen LogP contribution in [0.25, 0.3) is 0 Å². The number of furan rings is 1. The Morgan fingerprint density at radius 3 is 2.23 bits per heavy atom. The highest BCUT2D eigenvalue weighted by atomic mass is 79.9. The first-order valence-corrected chi connectivity index (χ1v) is 9.25. The van der Waals surface area contributed by atoms with E-state index in [0.717, 1.165) is 16.6 Å². The number of carbonyl (C=O) groups is 1. The average molecular weight is 476 g/mol. The molecule has 3 rings (SSSR count). The van der Waals surface area contributed by atoms with Gasteiger partial charge in [-0.2, -0.15) is 0 Å². The van der Waals surface area contributed by atoms with Crippen molar-refractivity contribution in [2.24, 2.45) is 0 Å². The summed E-state index contributed by atoms with van der Waals surface area (Å²) >= 11 is 3.32.